The summed E-state index contributed by atoms with van der Waals surface area (Å²) in [7, 11) is 2.87. The van der Waals surface area contributed by atoms with Gasteiger partial charge in [-0.2, -0.15) is 18.2 Å². The van der Waals surface area contributed by atoms with Gasteiger partial charge < -0.3 is 19.7 Å². The standard InChI is InChI=1S/C15H20F3NO5/c1-4-23-13-11(14(20,21)15(16,17)18)12(19(2)24-13)9-5-7-10(22-3)8-6-9/h5-8,11-13,20-21H,4H2,1-3H3/t11-,12-,13-/m1/s1. The van der Waals surface area contributed by atoms with Gasteiger partial charge in [-0.3, -0.25) is 4.84 Å². The monoisotopic (exact) mass is 351 g/mol. The van der Waals surface area contributed by atoms with Crippen LogP contribution in [-0.4, -0.2) is 54.3 Å². The molecule has 0 saturated carbocycles. The highest BCUT2D eigenvalue weighted by Crippen LogP contribution is 2.49. The molecule has 1 aromatic carbocycles. The minimum Gasteiger partial charge on any atom is -0.497 e. The third kappa shape index (κ3) is 3.35. The van der Waals surface area contributed by atoms with E-state index in [9.17, 15) is 23.4 Å². The maximum Gasteiger partial charge on any atom is 0.443 e. The van der Waals surface area contributed by atoms with E-state index in [-0.39, 0.29) is 6.61 Å². The highest BCUT2D eigenvalue weighted by atomic mass is 19.4. The number of ether oxygens (including phenoxy) is 2. The number of halogens is 3. The van der Waals surface area contributed by atoms with Crippen LogP contribution < -0.4 is 4.74 Å². The largest absolute Gasteiger partial charge is 0.497 e. The number of alkyl halides is 3. The molecule has 0 amide bonds. The van der Waals surface area contributed by atoms with Gasteiger partial charge >= 0.3 is 6.18 Å². The molecular formula is C15H20F3NO5. The highest BCUT2D eigenvalue weighted by Gasteiger charge is 2.66. The Hall–Kier alpha value is -1.39. The fourth-order valence-corrected chi connectivity index (χ4v) is 2.79. The SMILES string of the molecule is CCO[C@@H]1ON(C)[C@H](c2ccc(OC)cc2)[C@H]1C(O)(O)C(F)(F)F. The summed E-state index contributed by atoms with van der Waals surface area (Å²) in [5.74, 6) is -5.26. The van der Waals surface area contributed by atoms with E-state index in [1.807, 2.05) is 0 Å². The Bertz CT molecular complexity index is 549. The molecule has 1 aromatic rings. The van der Waals surface area contributed by atoms with Crippen LogP contribution in [0.2, 0.25) is 0 Å². The fourth-order valence-electron chi connectivity index (χ4n) is 2.79. The smallest absolute Gasteiger partial charge is 0.443 e. The molecular weight excluding hydrogens is 331 g/mol. The zero-order valence-electron chi connectivity index (χ0n) is 13.4. The van der Waals surface area contributed by atoms with Gasteiger partial charge in [0.05, 0.1) is 19.1 Å². The summed E-state index contributed by atoms with van der Waals surface area (Å²) >= 11 is 0. The lowest BCUT2D eigenvalue weighted by Gasteiger charge is -2.35. The van der Waals surface area contributed by atoms with Gasteiger partial charge in [0.15, 0.2) is 6.29 Å². The predicted molar refractivity (Wildman–Crippen MR) is 76.7 cm³/mol. The van der Waals surface area contributed by atoms with Gasteiger partial charge in [-0.1, -0.05) is 12.1 Å². The van der Waals surface area contributed by atoms with Gasteiger partial charge in [-0.05, 0) is 24.6 Å². The minimum absolute atomic E-state index is 0.0538. The molecule has 0 aromatic heterocycles. The molecule has 0 spiro atoms. The summed E-state index contributed by atoms with van der Waals surface area (Å²) in [6.45, 7) is 1.63. The lowest BCUT2D eigenvalue weighted by atomic mass is 9.85. The average Bonchev–Trinajstić information content (AvgIpc) is 2.83. The molecule has 1 aliphatic rings. The first-order valence-electron chi connectivity index (χ1n) is 7.30. The van der Waals surface area contributed by atoms with Crippen molar-refractivity contribution < 1.29 is 37.7 Å². The second kappa shape index (κ2) is 6.85. The van der Waals surface area contributed by atoms with Crippen molar-refractivity contribution in [3.05, 3.63) is 29.8 Å². The number of hydrogen-bond acceptors (Lipinski definition) is 6. The second-order valence-corrected chi connectivity index (χ2v) is 5.44. The van der Waals surface area contributed by atoms with Crippen molar-refractivity contribution in [3.63, 3.8) is 0 Å². The van der Waals surface area contributed by atoms with E-state index in [0.717, 1.165) is 5.06 Å². The normalized spacial score (nSPS) is 25.9. The number of aliphatic hydroxyl groups is 2. The van der Waals surface area contributed by atoms with E-state index in [0.29, 0.717) is 11.3 Å². The molecule has 3 atom stereocenters. The maximum atomic E-state index is 13.2. The third-order valence-electron chi connectivity index (χ3n) is 3.97. The van der Waals surface area contributed by atoms with Crippen LogP contribution in [0.15, 0.2) is 24.3 Å². The molecule has 6 nitrogen and oxygen atoms in total. The minimum atomic E-state index is -5.27. The molecule has 0 radical (unpaired) electrons. The van der Waals surface area contributed by atoms with Crippen molar-refractivity contribution in [3.8, 4) is 5.75 Å². The third-order valence-corrected chi connectivity index (χ3v) is 3.97. The average molecular weight is 351 g/mol. The van der Waals surface area contributed by atoms with E-state index in [4.69, 9.17) is 14.3 Å². The van der Waals surface area contributed by atoms with Crippen molar-refractivity contribution in [1.82, 2.24) is 5.06 Å². The second-order valence-electron chi connectivity index (χ2n) is 5.44. The van der Waals surface area contributed by atoms with E-state index in [1.54, 1.807) is 19.1 Å². The Kier molecular flexibility index (Phi) is 5.41. The number of hydrogen-bond donors (Lipinski definition) is 2. The van der Waals surface area contributed by atoms with Crippen LogP contribution in [0.1, 0.15) is 18.5 Å². The summed E-state index contributed by atoms with van der Waals surface area (Å²) in [6, 6.07) is 5.13. The molecule has 0 bridgehead atoms. The van der Waals surface area contributed by atoms with E-state index < -0.39 is 30.2 Å². The van der Waals surface area contributed by atoms with Crippen molar-refractivity contribution in [1.29, 1.82) is 0 Å². The van der Waals surface area contributed by atoms with Crippen molar-refractivity contribution >= 4 is 0 Å². The first-order chi connectivity index (χ1) is 11.1. The Balaban J connectivity index is 2.45. The summed E-state index contributed by atoms with van der Waals surface area (Å²) < 4.78 is 49.7. The number of rotatable bonds is 5. The number of hydroxylamine groups is 2. The lowest BCUT2D eigenvalue weighted by molar-refractivity contribution is -0.384. The van der Waals surface area contributed by atoms with Gasteiger partial charge in [0, 0.05) is 13.7 Å². The molecule has 1 heterocycles. The van der Waals surface area contributed by atoms with Gasteiger partial charge in [-0.15, -0.1) is 0 Å². The zero-order valence-corrected chi connectivity index (χ0v) is 13.4. The molecule has 1 fully saturated rings. The van der Waals surface area contributed by atoms with Crippen LogP contribution in [0, 0.1) is 5.92 Å². The number of benzene rings is 1. The van der Waals surface area contributed by atoms with Gasteiger partial charge in [0.1, 0.15) is 5.75 Å². The molecule has 0 aliphatic carbocycles. The Morgan fingerprint density at radius 2 is 1.79 bits per heavy atom. The lowest BCUT2D eigenvalue weighted by Crippen LogP contribution is -2.56. The molecule has 2 rings (SSSR count). The van der Waals surface area contributed by atoms with E-state index >= 15 is 0 Å². The molecule has 9 heteroatoms. The van der Waals surface area contributed by atoms with Gasteiger partial charge in [0.25, 0.3) is 5.79 Å². The molecule has 2 N–H and O–H groups in total. The topological polar surface area (TPSA) is 71.4 Å². The Labute approximate surface area is 137 Å². The van der Waals surface area contributed by atoms with Crippen molar-refractivity contribution in [2.24, 2.45) is 5.92 Å². The zero-order chi connectivity index (χ0) is 18.1. The van der Waals surface area contributed by atoms with Crippen LogP contribution in [0.5, 0.6) is 5.75 Å². The van der Waals surface area contributed by atoms with Crippen molar-refractivity contribution in [2.75, 3.05) is 20.8 Å². The maximum absolute atomic E-state index is 13.2. The summed E-state index contributed by atoms with van der Waals surface area (Å²) in [6.07, 6.45) is -6.73. The molecule has 24 heavy (non-hydrogen) atoms. The van der Waals surface area contributed by atoms with Crippen LogP contribution >= 0.6 is 0 Å². The Morgan fingerprint density at radius 3 is 2.25 bits per heavy atom. The molecule has 1 saturated heterocycles. The summed E-state index contributed by atoms with van der Waals surface area (Å²) in [5, 5.41) is 20.8. The molecule has 0 unspecified atom stereocenters. The molecule has 136 valence electrons. The predicted octanol–water partition coefficient (Wildman–Crippen LogP) is 1.84. The first-order valence-corrected chi connectivity index (χ1v) is 7.30. The summed E-state index contributed by atoms with van der Waals surface area (Å²) in [5.41, 5.74) is 0.405. The number of methoxy groups -OCH3 is 1. The van der Waals surface area contributed by atoms with Crippen LogP contribution in [0.3, 0.4) is 0 Å². The van der Waals surface area contributed by atoms with Crippen LogP contribution in [0.25, 0.3) is 0 Å². The Morgan fingerprint density at radius 1 is 1.21 bits per heavy atom. The summed E-state index contributed by atoms with van der Waals surface area (Å²) in [4.78, 5) is 5.28. The van der Waals surface area contributed by atoms with Crippen molar-refractivity contribution in [2.45, 2.75) is 31.2 Å². The van der Waals surface area contributed by atoms with Gasteiger partial charge in [-0.25, -0.2) is 0 Å². The van der Waals surface area contributed by atoms with E-state index in [2.05, 4.69) is 0 Å². The van der Waals surface area contributed by atoms with E-state index in [1.165, 1.54) is 26.3 Å². The van der Waals surface area contributed by atoms with Gasteiger partial charge in [0.2, 0.25) is 0 Å². The van der Waals surface area contributed by atoms with Crippen LogP contribution in [-0.2, 0) is 9.57 Å². The van der Waals surface area contributed by atoms with Crippen LogP contribution in [0.4, 0.5) is 13.2 Å². The fraction of sp³-hybridized carbons (Fsp3) is 0.600. The molecule has 1 aliphatic heterocycles. The quantitative estimate of drug-likeness (QED) is 0.789. The number of nitrogens with zero attached hydrogens (tertiary/aromatic N) is 1. The first kappa shape index (κ1) is 18.9. The highest BCUT2D eigenvalue weighted by molar-refractivity contribution is 5.30.